The van der Waals surface area contributed by atoms with E-state index < -0.39 is 18.0 Å². The molecule has 1 atom stereocenters. The van der Waals surface area contributed by atoms with E-state index in [0.717, 1.165) is 17.0 Å². The van der Waals surface area contributed by atoms with Gasteiger partial charge in [-0.1, -0.05) is 29.8 Å². The minimum absolute atomic E-state index is 0.249. The lowest BCUT2D eigenvalue weighted by Gasteiger charge is -2.14. The van der Waals surface area contributed by atoms with Crippen LogP contribution >= 0.6 is 11.6 Å². The van der Waals surface area contributed by atoms with Crippen molar-refractivity contribution in [2.75, 3.05) is 0 Å². The fourth-order valence-corrected chi connectivity index (χ4v) is 2.95. The van der Waals surface area contributed by atoms with Gasteiger partial charge in [-0.2, -0.15) is 5.10 Å². The molecule has 29 heavy (non-hydrogen) atoms. The molecule has 0 saturated heterocycles. The number of carbonyl (C=O) groups is 2. The van der Waals surface area contributed by atoms with Gasteiger partial charge in [-0.05, 0) is 50.6 Å². The Labute approximate surface area is 173 Å². The fraction of sp³-hybridized carbons (Fsp3) is 0.238. The number of hydrogen-bond donors (Lipinski definition) is 1. The van der Waals surface area contributed by atoms with Gasteiger partial charge >= 0.3 is 5.97 Å². The molecular formula is C21H21ClN4O3. The van der Waals surface area contributed by atoms with Crippen LogP contribution in [0.25, 0.3) is 5.82 Å². The fourth-order valence-electron chi connectivity index (χ4n) is 2.74. The van der Waals surface area contributed by atoms with Crippen molar-refractivity contribution in [3.8, 4) is 5.82 Å². The van der Waals surface area contributed by atoms with Crippen molar-refractivity contribution in [3.05, 3.63) is 76.2 Å². The third-order valence-electron chi connectivity index (χ3n) is 4.27. The molecule has 2 aromatic heterocycles. The average molecular weight is 413 g/mol. The van der Waals surface area contributed by atoms with Crippen LogP contribution in [0, 0.1) is 13.8 Å². The molecule has 0 saturated carbocycles. The van der Waals surface area contributed by atoms with Gasteiger partial charge in [0, 0.05) is 23.5 Å². The van der Waals surface area contributed by atoms with Crippen LogP contribution in [-0.2, 0) is 16.1 Å². The zero-order valence-corrected chi connectivity index (χ0v) is 17.1. The largest absolute Gasteiger partial charge is 0.449 e. The molecule has 7 nitrogen and oxygen atoms in total. The van der Waals surface area contributed by atoms with Crippen LogP contribution in [-0.4, -0.2) is 32.7 Å². The topological polar surface area (TPSA) is 86.1 Å². The van der Waals surface area contributed by atoms with Gasteiger partial charge in [0.25, 0.3) is 5.91 Å². The molecule has 2 heterocycles. The summed E-state index contributed by atoms with van der Waals surface area (Å²) in [5, 5.41) is 7.62. The number of amides is 1. The Kier molecular flexibility index (Phi) is 6.29. The highest BCUT2D eigenvalue weighted by atomic mass is 35.5. The van der Waals surface area contributed by atoms with Crippen molar-refractivity contribution in [2.45, 2.75) is 33.4 Å². The third-order valence-corrected chi connectivity index (χ3v) is 4.64. The van der Waals surface area contributed by atoms with E-state index >= 15 is 0 Å². The molecule has 1 unspecified atom stereocenters. The Hall–Kier alpha value is -3.19. The maximum atomic E-state index is 12.3. The molecule has 1 aromatic carbocycles. The average Bonchev–Trinajstić information content (AvgIpc) is 3.05. The summed E-state index contributed by atoms with van der Waals surface area (Å²) in [5.74, 6) is -0.444. The summed E-state index contributed by atoms with van der Waals surface area (Å²) < 4.78 is 6.93. The van der Waals surface area contributed by atoms with Crippen molar-refractivity contribution in [1.82, 2.24) is 20.1 Å². The van der Waals surface area contributed by atoms with Gasteiger partial charge in [-0.3, -0.25) is 4.79 Å². The minimum Gasteiger partial charge on any atom is -0.449 e. The van der Waals surface area contributed by atoms with E-state index in [0.29, 0.717) is 10.8 Å². The maximum absolute atomic E-state index is 12.3. The van der Waals surface area contributed by atoms with Crippen LogP contribution in [0.15, 0.2) is 48.7 Å². The van der Waals surface area contributed by atoms with Crippen LogP contribution in [0.2, 0.25) is 5.02 Å². The number of hydrogen-bond acceptors (Lipinski definition) is 5. The molecule has 0 fully saturated rings. The molecule has 1 N–H and O–H groups in total. The highest BCUT2D eigenvalue weighted by molar-refractivity contribution is 6.31. The molecule has 0 aliphatic carbocycles. The number of aryl methyl sites for hydroxylation is 2. The number of nitrogens with zero attached hydrogens (tertiary/aromatic N) is 3. The van der Waals surface area contributed by atoms with Crippen molar-refractivity contribution in [2.24, 2.45) is 0 Å². The van der Waals surface area contributed by atoms with Gasteiger partial charge in [-0.25, -0.2) is 14.5 Å². The number of halogens is 1. The van der Waals surface area contributed by atoms with E-state index in [1.807, 2.05) is 38.1 Å². The molecule has 8 heteroatoms. The lowest BCUT2D eigenvalue weighted by molar-refractivity contribution is -0.129. The maximum Gasteiger partial charge on any atom is 0.340 e. The molecule has 3 aromatic rings. The van der Waals surface area contributed by atoms with Crippen LogP contribution < -0.4 is 5.32 Å². The number of pyridine rings is 1. The van der Waals surface area contributed by atoms with E-state index in [9.17, 15) is 9.59 Å². The van der Waals surface area contributed by atoms with E-state index in [1.54, 1.807) is 22.9 Å². The van der Waals surface area contributed by atoms with Gasteiger partial charge in [0.05, 0.1) is 11.3 Å². The molecule has 3 rings (SSSR count). The lowest BCUT2D eigenvalue weighted by Crippen LogP contribution is -2.35. The van der Waals surface area contributed by atoms with Crippen molar-refractivity contribution < 1.29 is 14.3 Å². The van der Waals surface area contributed by atoms with E-state index in [-0.39, 0.29) is 12.1 Å². The molecule has 0 radical (unpaired) electrons. The number of aromatic nitrogens is 3. The summed E-state index contributed by atoms with van der Waals surface area (Å²) in [7, 11) is 0. The van der Waals surface area contributed by atoms with Gasteiger partial charge in [0.1, 0.15) is 0 Å². The van der Waals surface area contributed by atoms with E-state index in [4.69, 9.17) is 16.3 Å². The SMILES string of the molecule is Cc1cc(C)n(-c2ccc(C(=O)OC(C)C(=O)NCc3ccccc3Cl)cn2)n1. The summed E-state index contributed by atoms with van der Waals surface area (Å²) in [6.45, 7) is 5.58. The first-order valence-electron chi connectivity index (χ1n) is 9.07. The van der Waals surface area contributed by atoms with Gasteiger partial charge in [0.2, 0.25) is 0 Å². The second kappa shape index (κ2) is 8.87. The minimum atomic E-state index is -0.958. The van der Waals surface area contributed by atoms with Crippen molar-refractivity contribution in [3.63, 3.8) is 0 Å². The predicted octanol–water partition coefficient (Wildman–Crippen LogP) is 3.40. The van der Waals surface area contributed by atoms with Gasteiger partial charge in [0.15, 0.2) is 11.9 Å². The Morgan fingerprint density at radius 2 is 1.97 bits per heavy atom. The number of benzene rings is 1. The van der Waals surface area contributed by atoms with Crippen molar-refractivity contribution >= 4 is 23.5 Å². The van der Waals surface area contributed by atoms with Crippen LogP contribution in [0.4, 0.5) is 0 Å². The quantitative estimate of drug-likeness (QED) is 0.627. The van der Waals surface area contributed by atoms with Crippen molar-refractivity contribution in [1.29, 1.82) is 0 Å². The Balaban J connectivity index is 1.58. The molecule has 0 bridgehead atoms. The third kappa shape index (κ3) is 5.00. The summed E-state index contributed by atoms with van der Waals surface area (Å²) in [5.41, 5.74) is 2.85. The second-order valence-corrected chi connectivity index (χ2v) is 7.01. The number of nitrogens with one attached hydrogen (secondary N) is 1. The van der Waals surface area contributed by atoms with Gasteiger partial charge < -0.3 is 10.1 Å². The number of esters is 1. The molecule has 150 valence electrons. The highest BCUT2D eigenvalue weighted by Crippen LogP contribution is 2.15. The number of ether oxygens (including phenoxy) is 1. The van der Waals surface area contributed by atoms with Crippen LogP contribution in [0.3, 0.4) is 0 Å². The monoisotopic (exact) mass is 412 g/mol. The Bertz CT molecular complexity index is 1030. The first kappa shape index (κ1) is 20.5. The van der Waals surface area contributed by atoms with Gasteiger partial charge in [-0.15, -0.1) is 0 Å². The summed E-state index contributed by atoms with van der Waals surface area (Å²) >= 11 is 6.07. The summed E-state index contributed by atoms with van der Waals surface area (Å²) in [6, 6.07) is 12.4. The standard InChI is InChI=1S/C21H21ClN4O3/c1-13-10-14(2)26(25-13)19-9-8-17(12-23-19)21(28)29-15(3)20(27)24-11-16-6-4-5-7-18(16)22/h4-10,12,15H,11H2,1-3H3,(H,24,27). The summed E-state index contributed by atoms with van der Waals surface area (Å²) in [4.78, 5) is 28.8. The normalized spacial score (nSPS) is 11.7. The number of rotatable bonds is 6. The molecule has 0 aliphatic rings. The molecule has 0 spiro atoms. The highest BCUT2D eigenvalue weighted by Gasteiger charge is 2.19. The zero-order chi connectivity index (χ0) is 21.0. The van der Waals surface area contributed by atoms with E-state index in [2.05, 4.69) is 15.4 Å². The zero-order valence-electron chi connectivity index (χ0n) is 16.3. The van der Waals surface area contributed by atoms with Crippen LogP contribution in [0.5, 0.6) is 0 Å². The summed E-state index contributed by atoms with van der Waals surface area (Å²) in [6.07, 6.45) is 0.448. The van der Waals surface area contributed by atoms with E-state index in [1.165, 1.54) is 13.1 Å². The molecule has 0 aliphatic heterocycles. The molecular weight excluding hydrogens is 392 g/mol. The Morgan fingerprint density at radius 1 is 1.21 bits per heavy atom. The number of carbonyl (C=O) groups excluding carboxylic acids is 2. The van der Waals surface area contributed by atoms with Crippen LogP contribution in [0.1, 0.15) is 34.2 Å². The molecule has 1 amide bonds. The smallest absolute Gasteiger partial charge is 0.340 e. The second-order valence-electron chi connectivity index (χ2n) is 6.60. The Morgan fingerprint density at radius 3 is 2.59 bits per heavy atom. The first-order valence-corrected chi connectivity index (χ1v) is 9.44. The first-order chi connectivity index (χ1) is 13.8. The predicted molar refractivity (Wildman–Crippen MR) is 109 cm³/mol. The lowest BCUT2D eigenvalue weighted by atomic mass is 10.2.